The molecule has 0 amide bonds. The normalized spacial score (nSPS) is 13.7. The van der Waals surface area contributed by atoms with Crippen molar-refractivity contribution in [3.05, 3.63) is 41.7 Å². The van der Waals surface area contributed by atoms with Gasteiger partial charge in [-0.1, -0.05) is 0 Å². The Bertz CT molecular complexity index is 847. The topological polar surface area (TPSA) is 79.7 Å². The molecule has 144 valence electrons. The van der Waals surface area contributed by atoms with Crippen LogP contribution in [-0.2, 0) is 22.3 Å². The average Bonchev–Trinajstić information content (AvgIpc) is 2.96. The molecule has 2 aromatic rings. The SMILES string of the molecule is O=C(Cn1ccc(C(F)(F)F)n1)OCC(=O)c1ccc2c(c1)OCCCO2. The number of ketones is 1. The molecule has 1 aliphatic rings. The number of halogens is 3. The van der Waals surface area contributed by atoms with Gasteiger partial charge in [-0.15, -0.1) is 0 Å². The average molecular weight is 384 g/mol. The van der Waals surface area contributed by atoms with Crippen molar-refractivity contribution in [3.63, 3.8) is 0 Å². The number of ether oxygens (including phenoxy) is 3. The third kappa shape index (κ3) is 4.78. The highest BCUT2D eigenvalue weighted by Gasteiger charge is 2.33. The smallest absolute Gasteiger partial charge is 0.435 e. The van der Waals surface area contributed by atoms with Crippen molar-refractivity contribution in [2.24, 2.45) is 0 Å². The number of hydrogen-bond donors (Lipinski definition) is 0. The van der Waals surface area contributed by atoms with Crippen LogP contribution in [0.4, 0.5) is 13.2 Å². The summed E-state index contributed by atoms with van der Waals surface area (Å²) in [4.78, 5) is 23.9. The van der Waals surface area contributed by atoms with Crippen molar-refractivity contribution in [2.45, 2.75) is 19.1 Å². The van der Waals surface area contributed by atoms with Crippen LogP contribution in [-0.4, -0.2) is 41.4 Å². The number of Topliss-reactive ketones (excluding diaryl/α,β-unsaturated/α-hetero) is 1. The van der Waals surface area contributed by atoms with Gasteiger partial charge in [-0.05, 0) is 24.3 Å². The molecule has 1 aromatic carbocycles. The third-order valence-corrected chi connectivity index (χ3v) is 3.66. The van der Waals surface area contributed by atoms with Gasteiger partial charge in [0.1, 0.15) is 6.54 Å². The number of hydrogen-bond acceptors (Lipinski definition) is 6. The molecule has 0 atom stereocenters. The summed E-state index contributed by atoms with van der Waals surface area (Å²) >= 11 is 0. The minimum Gasteiger partial charge on any atom is -0.490 e. The van der Waals surface area contributed by atoms with Crippen LogP contribution in [0.15, 0.2) is 30.5 Å². The molecule has 0 radical (unpaired) electrons. The van der Waals surface area contributed by atoms with E-state index in [9.17, 15) is 22.8 Å². The summed E-state index contributed by atoms with van der Waals surface area (Å²) in [6, 6.07) is 5.36. The van der Waals surface area contributed by atoms with E-state index in [4.69, 9.17) is 14.2 Å². The minimum absolute atomic E-state index is 0.269. The van der Waals surface area contributed by atoms with Gasteiger partial charge >= 0.3 is 12.1 Å². The molecular weight excluding hydrogens is 369 g/mol. The first kappa shape index (κ1) is 18.7. The minimum atomic E-state index is -4.60. The number of nitrogens with zero attached hydrogens (tertiary/aromatic N) is 2. The van der Waals surface area contributed by atoms with Crippen LogP contribution in [0.1, 0.15) is 22.5 Å². The summed E-state index contributed by atoms with van der Waals surface area (Å²) in [5.41, 5.74) is -0.843. The Morgan fingerprint density at radius 2 is 1.89 bits per heavy atom. The van der Waals surface area contributed by atoms with Crippen molar-refractivity contribution in [2.75, 3.05) is 19.8 Å². The zero-order valence-electron chi connectivity index (χ0n) is 14.0. The van der Waals surface area contributed by atoms with Crippen molar-refractivity contribution < 1.29 is 37.0 Å². The summed E-state index contributed by atoms with van der Waals surface area (Å²) in [7, 11) is 0. The second kappa shape index (κ2) is 7.68. The van der Waals surface area contributed by atoms with Crippen molar-refractivity contribution in [1.29, 1.82) is 0 Å². The van der Waals surface area contributed by atoms with E-state index in [2.05, 4.69) is 5.10 Å². The fourth-order valence-corrected chi connectivity index (χ4v) is 2.34. The molecule has 0 unspecified atom stereocenters. The molecule has 2 heterocycles. The number of carbonyl (C=O) groups excluding carboxylic acids is 2. The predicted molar refractivity (Wildman–Crippen MR) is 84.6 cm³/mol. The number of fused-ring (bicyclic) bond motifs is 1. The second-order valence-electron chi connectivity index (χ2n) is 5.69. The highest BCUT2D eigenvalue weighted by atomic mass is 19.4. The molecule has 7 nitrogen and oxygen atoms in total. The molecule has 0 saturated carbocycles. The molecule has 27 heavy (non-hydrogen) atoms. The van der Waals surface area contributed by atoms with E-state index >= 15 is 0 Å². The van der Waals surface area contributed by atoms with Gasteiger partial charge in [0.25, 0.3) is 0 Å². The fourth-order valence-electron chi connectivity index (χ4n) is 2.34. The first-order valence-electron chi connectivity index (χ1n) is 8.02. The fraction of sp³-hybridized carbons (Fsp3) is 0.353. The number of esters is 1. The van der Waals surface area contributed by atoms with E-state index < -0.39 is 36.8 Å². The first-order chi connectivity index (χ1) is 12.8. The maximum atomic E-state index is 12.5. The van der Waals surface area contributed by atoms with Gasteiger partial charge in [-0.3, -0.25) is 14.3 Å². The molecule has 0 fully saturated rings. The van der Waals surface area contributed by atoms with Crippen LogP contribution in [0, 0.1) is 0 Å². The highest BCUT2D eigenvalue weighted by molar-refractivity contribution is 5.98. The number of aromatic nitrogens is 2. The second-order valence-corrected chi connectivity index (χ2v) is 5.69. The van der Waals surface area contributed by atoms with Gasteiger partial charge in [-0.25, -0.2) is 0 Å². The summed E-state index contributed by atoms with van der Waals surface area (Å²) in [5.74, 6) is -0.397. The molecule has 10 heteroatoms. The Balaban J connectivity index is 1.55. The van der Waals surface area contributed by atoms with Crippen LogP contribution in [0.25, 0.3) is 0 Å². The molecule has 0 N–H and O–H groups in total. The maximum absolute atomic E-state index is 12.5. The number of carbonyl (C=O) groups is 2. The van der Waals surface area contributed by atoms with Gasteiger partial charge < -0.3 is 14.2 Å². The van der Waals surface area contributed by atoms with Crippen LogP contribution in [0.2, 0.25) is 0 Å². The monoisotopic (exact) mass is 384 g/mol. The van der Waals surface area contributed by atoms with Gasteiger partial charge in [0.2, 0.25) is 0 Å². The summed E-state index contributed by atoms with van der Waals surface area (Å²) in [5, 5.41) is 3.24. The summed E-state index contributed by atoms with van der Waals surface area (Å²) < 4.78 is 54.0. The van der Waals surface area contributed by atoms with Gasteiger partial charge in [0.05, 0.1) is 13.2 Å². The van der Waals surface area contributed by atoms with Crippen molar-refractivity contribution in [3.8, 4) is 11.5 Å². The molecule has 0 aliphatic carbocycles. The largest absolute Gasteiger partial charge is 0.490 e. The Morgan fingerprint density at radius 1 is 1.15 bits per heavy atom. The quantitative estimate of drug-likeness (QED) is 0.582. The Hall–Kier alpha value is -3.04. The Morgan fingerprint density at radius 3 is 2.59 bits per heavy atom. The van der Waals surface area contributed by atoms with Crippen LogP contribution >= 0.6 is 0 Å². The summed E-state index contributed by atoms with van der Waals surface area (Å²) in [6.07, 6.45) is -2.86. The van der Waals surface area contributed by atoms with Crippen molar-refractivity contribution in [1.82, 2.24) is 9.78 Å². The van der Waals surface area contributed by atoms with E-state index in [0.717, 1.165) is 23.4 Å². The maximum Gasteiger partial charge on any atom is 0.435 e. The molecule has 0 saturated heterocycles. The highest BCUT2D eigenvalue weighted by Crippen LogP contribution is 2.30. The van der Waals surface area contributed by atoms with Gasteiger partial charge in [-0.2, -0.15) is 18.3 Å². The lowest BCUT2D eigenvalue weighted by Gasteiger charge is -2.09. The molecule has 0 spiro atoms. The van der Waals surface area contributed by atoms with E-state index in [0.29, 0.717) is 24.7 Å². The first-order valence-corrected chi connectivity index (χ1v) is 8.02. The molecule has 0 bridgehead atoms. The lowest BCUT2D eigenvalue weighted by Crippen LogP contribution is -2.19. The Labute approximate surface area is 151 Å². The molecule has 1 aromatic heterocycles. The zero-order valence-corrected chi connectivity index (χ0v) is 14.0. The van der Waals surface area contributed by atoms with Crippen LogP contribution in [0.5, 0.6) is 11.5 Å². The van der Waals surface area contributed by atoms with E-state index in [1.165, 1.54) is 12.1 Å². The van der Waals surface area contributed by atoms with E-state index in [1.54, 1.807) is 6.07 Å². The predicted octanol–water partition coefficient (Wildman–Crippen LogP) is 2.49. The Kier molecular flexibility index (Phi) is 5.33. The van der Waals surface area contributed by atoms with Crippen LogP contribution in [0.3, 0.4) is 0 Å². The molecule has 1 aliphatic heterocycles. The number of alkyl halides is 3. The third-order valence-electron chi connectivity index (χ3n) is 3.66. The number of rotatable bonds is 5. The van der Waals surface area contributed by atoms with Gasteiger partial charge in [0, 0.05) is 18.2 Å². The standard InChI is InChI=1S/C17H15F3N2O5/c18-17(19,20)15-4-5-22(21-15)9-16(24)27-10-12(23)11-2-3-13-14(8-11)26-7-1-6-25-13/h2-5,8H,1,6-7,9-10H2. The lowest BCUT2D eigenvalue weighted by molar-refractivity contribution is -0.145. The lowest BCUT2D eigenvalue weighted by atomic mass is 10.1. The van der Waals surface area contributed by atoms with Gasteiger partial charge in [0.15, 0.2) is 29.6 Å². The summed E-state index contributed by atoms with van der Waals surface area (Å²) in [6.45, 7) is -0.110. The van der Waals surface area contributed by atoms with Crippen molar-refractivity contribution >= 4 is 11.8 Å². The molecular formula is C17H15F3N2O5. The zero-order chi connectivity index (χ0) is 19.4. The molecule has 3 rings (SSSR count). The van der Waals surface area contributed by atoms with E-state index in [-0.39, 0.29) is 5.56 Å². The number of benzene rings is 1. The van der Waals surface area contributed by atoms with E-state index in [1.807, 2.05) is 0 Å². The van der Waals surface area contributed by atoms with Crippen LogP contribution < -0.4 is 9.47 Å².